The Labute approximate surface area is 169 Å². The second-order valence-electron chi connectivity index (χ2n) is 5.20. The van der Waals surface area contributed by atoms with Crippen LogP contribution in [0.2, 0.25) is 0 Å². The molecule has 0 saturated carbocycles. The van der Waals surface area contributed by atoms with Gasteiger partial charge in [-0.15, -0.1) is 0 Å². The number of urea groups is 1. The Morgan fingerprint density at radius 1 is 1.28 bits per heavy atom. The lowest BCUT2D eigenvalue weighted by molar-refractivity contribution is 0.246. The van der Waals surface area contributed by atoms with Gasteiger partial charge in [-0.3, -0.25) is 4.98 Å². The maximum absolute atomic E-state index is 10.3. The van der Waals surface area contributed by atoms with Gasteiger partial charge in [0.05, 0.1) is 11.7 Å². The van der Waals surface area contributed by atoms with Crippen molar-refractivity contribution in [1.82, 2.24) is 35.5 Å². The number of carbonyl (C=O) groups is 1. The van der Waals surface area contributed by atoms with Crippen LogP contribution in [0.1, 0.15) is 27.7 Å². The zero-order chi connectivity index (χ0) is 21.6. The van der Waals surface area contributed by atoms with Crippen LogP contribution >= 0.6 is 0 Å². The fraction of sp³-hybridized carbons (Fsp3) is 0.316. The Balaban J connectivity index is 0.000000358. The van der Waals surface area contributed by atoms with E-state index in [1.807, 2.05) is 50.5 Å². The summed E-state index contributed by atoms with van der Waals surface area (Å²) in [6, 6.07) is 1.71. The van der Waals surface area contributed by atoms with Crippen LogP contribution in [-0.4, -0.2) is 37.9 Å². The van der Waals surface area contributed by atoms with Crippen LogP contribution in [0, 0.1) is 0 Å². The predicted octanol–water partition coefficient (Wildman–Crippen LogP) is 3.11. The van der Waals surface area contributed by atoms with E-state index in [0.717, 1.165) is 11.0 Å². The van der Waals surface area contributed by atoms with Crippen LogP contribution in [0.5, 0.6) is 0 Å². The van der Waals surface area contributed by atoms with E-state index in [2.05, 4.69) is 35.5 Å². The van der Waals surface area contributed by atoms with E-state index < -0.39 is 0 Å². The van der Waals surface area contributed by atoms with Crippen molar-refractivity contribution in [3.8, 4) is 11.5 Å². The van der Waals surface area contributed by atoms with Gasteiger partial charge in [0.25, 0.3) is 0 Å². The summed E-state index contributed by atoms with van der Waals surface area (Å²) in [5, 5.41) is 12.3. The van der Waals surface area contributed by atoms with Crippen LogP contribution < -0.4 is 16.4 Å². The summed E-state index contributed by atoms with van der Waals surface area (Å²) in [7, 11) is 1.57. The van der Waals surface area contributed by atoms with Crippen LogP contribution in [0.3, 0.4) is 0 Å². The van der Waals surface area contributed by atoms with Crippen molar-refractivity contribution in [1.29, 1.82) is 0 Å². The van der Waals surface area contributed by atoms with Gasteiger partial charge in [-0.1, -0.05) is 32.1 Å². The maximum atomic E-state index is 10.3. The molecule has 3 aromatic rings. The molecule has 0 aliphatic heterocycles. The third kappa shape index (κ3) is 6.45. The zero-order valence-electron chi connectivity index (χ0n) is 17.4. The molecule has 0 radical (unpaired) electrons. The first-order valence-corrected chi connectivity index (χ1v) is 9.21. The van der Waals surface area contributed by atoms with Gasteiger partial charge in [-0.05, 0) is 30.2 Å². The molecule has 156 valence electrons. The van der Waals surface area contributed by atoms with Crippen molar-refractivity contribution in [3.05, 3.63) is 42.9 Å². The number of nitrogens with one attached hydrogen (secondary N) is 2. The van der Waals surface area contributed by atoms with Gasteiger partial charge in [-0.25, -0.2) is 14.4 Å². The number of nitrogen functional groups attached to an aromatic ring is 1. The van der Waals surface area contributed by atoms with E-state index in [9.17, 15) is 4.79 Å². The SMILES string of the molecule is C/C=C/NC(=O)NC.C/C=C\Cn1c(-c2nonc2N)nc2cnccc21.CC. The van der Waals surface area contributed by atoms with Crippen molar-refractivity contribution in [3.63, 3.8) is 0 Å². The highest BCUT2D eigenvalue weighted by molar-refractivity contribution is 5.80. The van der Waals surface area contributed by atoms with Crippen molar-refractivity contribution < 1.29 is 9.42 Å². The number of carbonyl (C=O) groups excluding carboxylic acids is 1. The molecule has 10 nitrogen and oxygen atoms in total. The number of nitrogens with zero attached hydrogens (tertiary/aromatic N) is 5. The van der Waals surface area contributed by atoms with E-state index in [4.69, 9.17) is 5.73 Å². The Morgan fingerprint density at radius 2 is 2.03 bits per heavy atom. The highest BCUT2D eigenvalue weighted by Crippen LogP contribution is 2.25. The van der Waals surface area contributed by atoms with Crippen molar-refractivity contribution in [2.75, 3.05) is 12.8 Å². The number of allylic oxidation sites excluding steroid dienone is 3. The second-order valence-corrected chi connectivity index (χ2v) is 5.20. The summed E-state index contributed by atoms with van der Waals surface area (Å²) in [4.78, 5) is 18.9. The van der Waals surface area contributed by atoms with E-state index >= 15 is 0 Å². The minimum Gasteiger partial charge on any atom is -0.379 e. The molecule has 3 heterocycles. The summed E-state index contributed by atoms with van der Waals surface area (Å²) >= 11 is 0. The highest BCUT2D eigenvalue weighted by Gasteiger charge is 2.18. The quantitative estimate of drug-likeness (QED) is 0.572. The highest BCUT2D eigenvalue weighted by atomic mass is 16.6. The van der Waals surface area contributed by atoms with E-state index in [0.29, 0.717) is 18.1 Å². The third-order valence-electron chi connectivity index (χ3n) is 3.41. The molecule has 0 aromatic carbocycles. The number of hydrogen-bond acceptors (Lipinski definition) is 7. The van der Waals surface area contributed by atoms with E-state index in [1.54, 1.807) is 31.7 Å². The average molecular weight is 400 g/mol. The second kappa shape index (κ2) is 12.7. The lowest BCUT2D eigenvalue weighted by Crippen LogP contribution is -2.28. The normalized spacial score (nSPS) is 10.4. The molecule has 0 fully saturated rings. The van der Waals surface area contributed by atoms with Crippen molar-refractivity contribution in [2.45, 2.75) is 34.2 Å². The third-order valence-corrected chi connectivity index (χ3v) is 3.41. The summed E-state index contributed by atoms with van der Waals surface area (Å²) < 4.78 is 6.64. The lowest BCUT2D eigenvalue weighted by Gasteiger charge is -2.03. The first kappa shape index (κ1) is 23.3. The fourth-order valence-electron chi connectivity index (χ4n) is 2.14. The fourth-order valence-corrected chi connectivity index (χ4v) is 2.14. The number of aromatic nitrogens is 5. The van der Waals surface area contributed by atoms with Gasteiger partial charge in [-0.2, -0.15) is 0 Å². The molecule has 0 spiro atoms. The predicted molar refractivity (Wildman–Crippen MR) is 114 cm³/mol. The molecule has 2 amide bonds. The summed E-state index contributed by atoms with van der Waals surface area (Å²) in [5.41, 5.74) is 7.93. The number of hydrogen-bond donors (Lipinski definition) is 3. The van der Waals surface area contributed by atoms with Gasteiger partial charge < -0.3 is 20.9 Å². The topological polar surface area (TPSA) is 137 Å². The Bertz CT molecular complexity index is 943. The molecule has 29 heavy (non-hydrogen) atoms. The molecular weight excluding hydrogens is 372 g/mol. The molecule has 10 heteroatoms. The molecule has 3 aromatic heterocycles. The van der Waals surface area contributed by atoms with E-state index in [1.165, 1.54) is 0 Å². The van der Waals surface area contributed by atoms with Crippen molar-refractivity contribution in [2.24, 2.45) is 0 Å². The minimum atomic E-state index is -0.192. The molecule has 0 unspecified atom stereocenters. The zero-order valence-corrected chi connectivity index (χ0v) is 17.4. The minimum absolute atomic E-state index is 0.192. The Kier molecular flexibility index (Phi) is 10.2. The largest absolute Gasteiger partial charge is 0.379 e. The number of anilines is 1. The molecule has 0 aliphatic rings. The van der Waals surface area contributed by atoms with E-state index in [-0.39, 0.29) is 11.8 Å². The average Bonchev–Trinajstić information content (AvgIpc) is 3.35. The maximum Gasteiger partial charge on any atom is 0.318 e. The van der Waals surface area contributed by atoms with Gasteiger partial charge in [0, 0.05) is 26.0 Å². The Morgan fingerprint density at radius 3 is 2.62 bits per heavy atom. The lowest BCUT2D eigenvalue weighted by atomic mass is 10.3. The monoisotopic (exact) mass is 400 g/mol. The summed E-state index contributed by atoms with van der Waals surface area (Å²) in [5.74, 6) is 0.852. The molecular formula is C19H28N8O2. The molecule has 3 rings (SSSR count). The smallest absolute Gasteiger partial charge is 0.318 e. The van der Waals surface area contributed by atoms with Crippen LogP contribution in [0.4, 0.5) is 10.6 Å². The number of nitrogens with two attached hydrogens (primary N) is 1. The number of imidazole rings is 1. The number of pyridine rings is 1. The standard InChI is InChI=1S/C12H12N6O.C5H10N2O.C2H6/c1-2-3-6-18-9-4-5-14-7-8(9)15-12(18)10-11(13)17-19-16-10;1-3-4-7-5(8)6-2;1-2/h2-5,7H,6H2,1H3,(H2,13,17);3-4H,1-2H3,(H2,6,7,8);1-2H3/b3-2-;4-3+;. The molecule has 0 aliphatic carbocycles. The van der Waals surface area contributed by atoms with Crippen LogP contribution in [0.25, 0.3) is 22.6 Å². The first-order chi connectivity index (χ1) is 14.1. The van der Waals surface area contributed by atoms with Gasteiger partial charge in [0.1, 0.15) is 5.52 Å². The Hall–Kier alpha value is -3.69. The van der Waals surface area contributed by atoms with Crippen LogP contribution in [0.15, 0.2) is 47.5 Å². The molecule has 0 saturated heterocycles. The number of rotatable bonds is 4. The van der Waals surface area contributed by atoms with Gasteiger partial charge in [0.15, 0.2) is 17.3 Å². The molecule has 0 atom stereocenters. The van der Waals surface area contributed by atoms with Gasteiger partial charge in [0.2, 0.25) is 0 Å². The van der Waals surface area contributed by atoms with Gasteiger partial charge >= 0.3 is 6.03 Å². The first-order valence-electron chi connectivity index (χ1n) is 9.21. The summed E-state index contributed by atoms with van der Waals surface area (Å²) in [6.07, 6.45) is 10.7. The number of fused-ring (bicyclic) bond motifs is 1. The summed E-state index contributed by atoms with van der Waals surface area (Å²) in [6.45, 7) is 8.46. The number of amides is 2. The van der Waals surface area contributed by atoms with Crippen molar-refractivity contribution >= 4 is 22.9 Å². The van der Waals surface area contributed by atoms with Crippen LogP contribution in [-0.2, 0) is 6.54 Å². The molecule has 4 N–H and O–H groups in total. The molecule has 0 bridgehead atoms.